The number of aryl methyl sites for hydroxylation is 1. The number of anilines is 2. The highest BCUT2D eigenvalue weighted by atomic mass is 16.4. The lowest BCUT2D eigenvalue weighted by Gasteiger charge is -2.20. The topological polar surface area (TPSA) is 112 Å². The molecule has 0 saturated heterocycles. The van der Waals surface area contributed by atoms with Crippen LogP contribution in [0.1, 0.15) is 22.7 Å². The molecule has 1 atom stereocenters. The highest BCUT2D eigenvalue weighted by Gasteiger charge is 2.27. The van der Waals surface area contributed by atoms with Gasteiger partial charge < -0.3 is 15.5 Å². The van der Waals surface area contributed by atoms with E-state index in [4.69, 9.17) is 5.11 Å². The summed E-state index contributed by atoms with van der Waals surface area (Å²) < 4.78 is 1.65. The Bertz CT molecular complexity index is 1280. The van der Waals surface area contributed by atoms with Gasteiger partial charge in [0, 0.05) is 23.0 Å². The molecule has 0 aliphatic carbocycles. The number of benzene rings is 2. The Balaban J connectivity index is 1.79. The van der Waals surface area contributed by atoms with Crippen LogP contribution in [0.15, 0.2) is 54.7 Å². The molecule has 0 bridgehead atoms. The molecule has 1 unspecified atom stereocenters. The van der Waals surface area contributed by atoms with Crippen molar-refractivity contribution < 1.29 is 15.0 Å². The van der Waals surface area contributed by atoms with Crippen LogP contribution in [0.4, 0.5) is 16.4 Å². The third-order valence-electron chi connectivity index (χ3n) is 5.11. The van der Waals surface area contributed by atoms with Gasteiger partial charge in [0.25, 0.3) is 5.95 Å². The minimum absolute atomic E-state index is 0.0101. The summed E-state index contributed by atoms with van der Waals surface area (Å²) in [7, 11) is 0. The van der Waals surface area contributed by atoms with Crippen LogP contribution in [0.3, 0.4) is 0 Å². The van der Waals surface area contributed by atoms with Crippen LogP contribution < -0.4 is 10.6 Å². The van der Waals surface area contributed by atoms with E-state index in [0.29, 0.717) is 5.69 Å². The first-order valence-corrected chi connectivity index (χ1v) is 9.06. The number of aromatic hydroxyl groups is 1. The van der Waals surface area contributed by atoms with Crippen molar-refractivity contribution in [3.63, 3.8) is 0 Å². The maximum Gasteiger partial charge on any atom is 0.411 e. The first-order chi connectivity index (χ1) is 14.0. The Kier molecular flexibility index (Phi) is 3.67. The monoisotopic (exact) mass is 387 g/mol. The average Bonchev–Trinajstić information content (AvgIpc) is 3.05. The summed E-state index contributed by atoms with van der Waals surface area (Å²) in [5.41, 5.74) is 5.91. The molecule has 8 nitrogen and oxygen atoms in total. The van der Waals surface area contributed by atoms with Crippen LogP contribution in [0.5, 0.6) is 5.75 Å². The van der Waals surface area contributed by atoms with E-state index in [1.165, 1.54) is 0 Å². The Morgan fingerprint density at radius 2 is 2.03 bits per heavy atom. The largest absolute Gasteiger partial charge is 0.508 e. The van der Waals surface area contributed by atoms with Crippen LogP contribution in [0.2, 0.25) is 0 Å². The summed E-state index contributed by atoms with van der Waals surface area (Å²) in [5.74, 6) is 0.258. The molecule has 0 radical (unpaired) electrons. The van der Waals surface area contributed by atoms with Crippen LogP contribution in [-0.4, -0.2) is 30.9 Å². The highest BCUT2D eigenvalue weighted by molar-refractivity contribution is 5.91. The minimum Gasteiger partial charge on any atom is -0.508 e. The molecule has 1 amide bonds. The molecule has 4 N–H and O–H groups in total. The minimum atomic E-state index is -1.22. The molecule has 1 aliphatic rings. The molecule has 0 spiro atoms. The SMILES string of the molecule is Cc1cc(C2Nc3ccccc3-c3nc(NC(=O)O)nn4ccc2c34)ccc1O. The molecule has 1 aliphatic heterocycles. The molecule has 4 aromatic rings. The van der Waals surface area contributed by atoms with Gasteiger partial charge in [0.1, 0.15) is 11.4 Å². The van der Waals surface area contributed by atoms with Gasteiger partial charge in [-0.3, -0.25) is 5.32 Å². The molecule has 2 aromatic heterocycles. The van der Waals surface area contributed by atoms with Gasteiger partial charge in [-0.2, -0.15) is 0 Å². The summed E-state index contributed by atoms with van der Waals surface area (Å²) in [6.45, 7) is 1.86. The van der Waals surface area contributed by atoms with E-state index >= 15 is 0 Å². The number of phenols is 1. The summed E-state index contributed by atoms with van der Waals surface area (Å²) in [6, 6.07) is 15.0. The number of aromatic nitrogens is 3. The fourth-order valence-corrected chi connectivity index (χ4v) is 3.79. The number of nitrogens with zero attached hydrogens (tertiary/aromatic N) is 3. The number of carboxylic acid groups (broad SMARTS) is 1. The van der Waals surface area contributed by atoms with Crippen molar-refractivity contribution in [3.8, 4) is 17.0 Å². The molecule has 0 fully saturated rings. The highest BCUT2D eigenvalue weighted by Crippen LogP contribution is 2.42. The van der Waals surface area contributed by atoms with Gasteiger partial charge in [-0.15, -0.1) is 5.10 Å². The predicted octanol–water partition coefficient (Wildman–Crippen LogP) is 4.02. The Morgan fingerprint density at radius 3 is 2.83 bits per heavy atom. The molecule has 2 aromatic carbocycles. The quantitative estimate of drug-likeness (QED) is 0.413. The fraction of sp³-hybridized carbons (Fsp3) is 0.0952. The maximum absolute atomic E-state index is 11.1. The number of phenolic OH excluding ortho intramolecular Hbond substituents is 1. The third-order valence-corrected chi connectivity index (χ3v) is 5.11. The lowest BCUT2D eigenvalue weighted by Crippen LogP contribution is -2.13. The molecule has 29 heavy (non-hydrogen) atoms. The van der Waals surface area contributed by atoms with Crippen molar-refractivity contribution >= 4 is 23.2 Å². The van der Waals surface area contributed by atoms with Crippen LogP contribution >= 0.6 is 0 Å². The van der Waals surface area contributed by atoms with E-state index in [-0.39, 0.29) is 17.7 Å². The van der Waals surface area contributed by atoms with E-state index in [0.717, 1.165) is 33.5 Å². The second-order valence-electron chi connectivity index (χ2n) is 6.95. The van der Waals surface area contributed by atoms with Crippen LogP contribution in [0, 0.1) is 6.92 Å². The average molecular weight is 387 g/mol. The molecular formula is C21H17N5O3. The number of hydrogen-bond donors (Lipinski definition) is 4. The van der Waals surface area contributed by atoms with Crippen molar-refractivity contribution in [2.24, 2.45) is 0 Å². The molecular weight excluding hydrogens is 370 g/mol. The number of amides is 1. The second-order valence-corrected chi connectivity index (χ2v) is 6.95. The van der Waals surface area contributed by atoms with Gasteiger partial charge in [0.2, 0.25) is 0 Å². The van der Waals surface area contributed by atoms with Gasteiger partial charge in [0.15, 0.2) is 0 Å². The third kappa shape index (κ3) is 2.73. The van der Waals surface area contributed by atoms with Crippen molar-refractivity contribution in [2.45, 2.75) is 13.0 Å². The van der Waals surface area contributed by atoms with Gasteiger partial charge >= 0.3 is 6.09 Å². The molecule has 8 heteroatoms. The second kappa shape index (κ2) is 6.23. The summed E-state index contributed by atoms with van der Waals surface area (Å²) in [6.07, 6.45) is 0.570. The van der Waals surface area contributed by atoms with E-state index in [1.54, 1.807) is 16.8 Å². The molecule has 144 valence electrons. The Labute approximate surface area is 165 Å². The van der Waals surface area contributed by atoms with Gasteiger partial charge in [-0.05, 0) is 42.3 Å². The zero-order valence-electron chi connectivity index (χ0n) is 15.4. The maximum atomic E-state index is 11.1. The van der Waals surface area contributed by atoms with Crippen molar-refractivity contribution in [1.82, 2.24) is 14.6 Å². The number of rotatable bonds is 2. The number of carbonyl (C=O) groups is 1. The standard InChI is InChI=1S/C21H17N5O3/c1-11-10-12(6-7-16(11)27)17-14-8-9-26-19(14)18(23-20(25-26)24-21(28)29)13-4-2-3-5-15(13)22-17/h2-10,17,22,27H,1H3,(H,24,25)(H,28,29). The van der Waals surface area contributed by atoms with E-state index in [2.05, 4.69) is 20.7 Å². The molecule has 5 rings (SSSR count). The molecule has 0 saturated carbocycles. The molecule has 3 heterocycles. The summed E-state index contributed by atoms with van der Waals surface area (Å²) >= 11 is 0. The number of hydrogen-bond acceptors (Lipinski definition) is 5. The lowest BCUT2D eigenvalue weighted by atomic mass is 9.98. The fourth-order valence-electron chi connectivity index (χ4n) is 3.79. The van der Waals surface area contributed by atoms with Gasteiger partial charge in [-0.1, -0.05) is 24.3 Å². The summed E-state index contributed by atoms with van der Waals surface area (Å²) in [5, 5.41) is 29.1. The van der Waals surface area contributed by atoms with E-state index in [1.807, 2.05) is 49.4 Å². The van der Waals surface area contributed by atoms with Crippen LogP contribution in [-0.2, 0) is 0 Å². The van der Waals surface area contributed by atoms with Gasteiger partial charge in [0.05, 0.1) is 11.6 Å². The predicted molar refractivity (Wildman–Crippen MR) is 108 cm³/mol. The first-order valence-electron chi connectivity index (χ1n) is 9.06. The Morgan fingerprint density at radius 1 is 1.21 bits per heavy atom. The zero-order chi connectivity index (χ0) is 20.1. The normalized spacial score (nSPS) is 14.7. The number of fused-ring (bicyclic) bond motifs is 2. The van der Waals surface area contributed by atoms with Gasteiger partial charge in [-0.25, -0.2) is 14.3 Å². The smallest absolute Gasteiger partial charge is 0.411 e. The van der Waals surface area contributed by atoms with E-state index in [9.17, 15) is 9.90 Å². The number of nitrogens with one attached hydrogen (secondary N) is 2. The Hall–Kier alpha value is -4.07. The van der Waals surface area contributed by atoms with Crippen molar-refractivity contribution in [2.75, 3.05) is 10.6 Å². The lowest BCUT2D eigenvalue weighted by molar-refractivity contribution is 0.209. The zero-order valence-corrected chi connectivity index (χ0v) is 15.4. The van der Waals surface area contributed by atoms with E-state index < -0.39 is 6.09 Å². The van der Waals surface area contributed by atoms with Crippen molar-refractivity contribution in [1.29, 1.82) is 0 Å². The number of para-hydroxylation sites is 1. The summed E-state index contributed by atoms with van der Waals surface area (Å²) in [4.78, 5) is 15.6. The van der Waals surface area contributed by atoms with Crippen LogP contribution in [0.25, 0.3) is 16.8 Å². The van der Waals surface area contributed by atoms with Crippen molar-refractivity contribution in [3.05, 3.63) is 71.4 Å². The first kappa shape index (κ1) is 17.1.